The van der Waals surface area contributed by atoms with Gasteiger partial charge in [0, 0.05) is 19.8 Å². The second-order valence-electron chi connectivity index (χ2n) is 4.82. The van der Waals surface area contributed by atoms with Crippen molar-refractivity contribution < 1.29 is 9.53 Å². The Kier molecular flexibility index (Phi) is 4.54. The first-order valence-corrected chi connectivity index (χ1v) is 7.59. The Labute approximate surface area is 122 Å². The van der Waals surface area contributed by atoms with Gasteiger partial charge in [0.1, 0.15) is 5.41 Å². The van der Waals surface area contributed by atoms with Crippen molar-refractivity contribution in [1.82, 2.24) is 5.32 Å². The number of amides is 1. The summed E-state index contributed by atoms with van der Waals surface area (Å²) in [5, 5.41) is 7.08. The Bertz CT molecular complexity index is 479. The lowest BCUT2D eigenvalue weighted by atomic mass is 9.79. The fourth-order valence-electron chi connectivity index (χ4n) is 2.22. The van der Waals surface area contributed by atoms with Crippen molar-refractivity contribution >= 4 is 34.5 Å². The van der Waals surface area contributed by atoms with Crippen LogP contribution in [0.5, 0.6) is 0 Å². The maximum absolute atomic E-state index is 12.4. The van der Waals surface area contributed by atoms with E-state index < -0.39 is 5.41 Å². The molecule has 1 amide bonds. The van der Waals surface area contributed by atoms with E-state index in [0.717, 1.165) is 5.56 Å². The Balaban J connectivity index is 2.04. The zero-order valence-corrected chi connectivity index (χ0v) is 12.5. The van der Waals surface area contributed by atoms with Crippen LogP contribution in [0.1, 0.15) is 24.0 Å². The minimum absolute atomic E-state index is 0.0751. The monoisotopic (exact) mass is 298 g/mol. The molecule has 0 aliphatic carbocycles. The zero-order chi connectivity index (χ0) is 13.9. The number of carbonyl (C=O) groups is 1. The molecule has 104 valence electrons. The fraction of sp³-hybridized carbons (Fsp3) is 0.538. The number of thiophene rings is 1. The third-order valence-corrected chi connectivity index (χ3v) is 4.95. The zero-order valence-electron chi connectivity index (χ0n) is 10.9. The summed E-state index contributed by atoms with van der Waals surface area (Å²) in [5.74, 6) is -0.0751. The van der Waals surface area contributed by atoms with Crippen LogP contribution in [0.2, 0.25) is 0 Å². The summed E-state index contributed by atoms with van der Waals surface area (Å²) in [6.07, 6.45) is 1.13. The largest absolute Gasteiger partial charge is 0.392 e. The van der Waals surface area contributed by atoms with Gasteiger partial charge in [-0.25, -0.2) is 0 Å². The van der Waals surface area contributed by atoms with Gasteiger partial charge in [-0.3, -0.25) is 4.79 Å². The average molecular weight is 298 g/mol. The number of thiocarbonyl (C=S) groups is 1. The first-order valence-electron chi connectivity index (χ1n) is 6.24. The first-order chi connectivity index (χ1) is 9.06. The van der Waals surface area contributed by atoms with Crippen LogP contribution in [0.4, 0.5) is 0 Å². The Morgan fingerprint density at radius 1 is 1.53 bits per heavy atom. The Hall–Kier alpha value is -0.980. The standard InChI is InChI=1S/C13H18N2O2S2/c1-9-7-19-8-10(9)6-15-12(16)13(11(14)18)2-4-17-5-3-13/h7-8H,2-6H2,1H3,(H2,14,18)(H,15,16). The number of aryl methyl sites for hydroxylation is 1. The second-order valence-corrected chi connectivity index (χ2v) is 6.00. The summed E-state index contributed by atoms with van der Waals surface area (Å²) in [6, 6.07) is 0. The number of hydrogen-bond acceptors (Lipinski definition) is 4. The molecule has 0 radical (unpaired) electrons. The van der Waals surface area contributed by atoms with Crippen LogP contribution in [-0.4, -0.2) is 24.1 Å². The molecule has 19 heavy (non-hydrogen) atoms. The maximum Gasteiger partial charge on any atom is 0.233 e. The molecule has 1 aliphatic heterocycles. The van der Waals surface area contributed by atoms with Crippen molar-refractivity contribution in [3.05, 3.63) is 21.9 Å². The van der Waals surface area contributed by atoms with E-state index in [1.165, 1.54) is 5.56 Å². The molecule has 0 aromatic carbocycles. The van der Waals surface area contributed by atoms with E-state index in [0.29, 0.717) is 32.6 Å². The highest BCUT2D eigenvalue weighted by molar-refractivity contribution is 7.80. The minimum Gasteiger partial charge on any atom is -0.392 e. The molecule has 0 bridgehead atoms. The molecule has 1 saturated heterocycles. The van der Waals surface area contributed by atoms with E-state index in [1.807, 2.05) is 12.3 Å². The van der Waals surface area contributed by atoms with E-state index >= 15 is 0 Å². The van der Waals surface area contributed by atoms with Crippen molar-refractivity contribution in [2.45, 2.75) is 26.3 Å². The van der Waals surface area contributed by atoms with E-state index in [4.69, 9.17) is 22.7 Å². The molecule has 4 nitrogen and oxygen atoms in total. The molecule has 1 aromatic heterocycles. The normalized spacial score (nSPS) is 17.9. The van der Waals surface area contributed by atoms with Crippen LogP contribution in [0.15, 0.2) is 10.8 Å². The van der Waals surface area contributed by atoms with Gasteiger partial charge in [-0.05, 0) is 41.7 Å². The van der Waals surface area contributed by atoms with Crippen LogP contribution < -0.4 is 11.1 Å². The van der Waals surface area contributed by atoms with Crippen molar-refractivity contribution in [3.63, 3.8) is 0 Å². The summed E-state index contributed by atoms with van der Waals surface area (Å²) >= 11 is 6.74. The summed E-state index contributed by atoms with van der Waals surface area (Å²) in [5.41, 5.74) is 7.40. The van der Waals surface area contributed by atoms with Crippen molar-refractivity contribution in [1.29, 1.82) is 0 Å². The van der Waals surface area contributed by atoms with Crippen molar-refractivity contribution in [2.75, 3.05) is 13.2 Å². The van der Waals surface area contributed by atoms with Crippen LogP contribution in [0, 0.1) is 12.3 Å². The van der Waals surface area contributed by atoms with Gasteiger partial charge in [-0.1, -0.05) is 12.2 Å². The van der Waals surface area contributed by atoms with Gasteiger partial charge in [0.25, 0.3) is 0 Å². The predicted molar refractivity (Wildman–Crippen MR) is 80.2 cm³/mol. The maximum atomic E-state index is 12.4. The number of ether oxygens (including phenoxy) is 1. The smallest absolute Gasteiger partial charge is 0.233 e. The van der Waals surface area contributed by atoms with Crippen LogP contribution in [0.25, 0.3) is 0 Å². The topological polar surface area (TPSA) is 64.4 Å². The van der Waals surface area contributed by atoms with Gasteiger partial charge in [0.2, 0.25) is 5.91 Å². The number of rotatable bonds is 4. The van der Waals surface area contributed by atoms with E-state index in [2.05, 4.69) is 10.7 Å². The highest BCUT2D eigenvalue weighted by Crippen LogP contribution is 2.31. The molecule has 3 N–H and O–H groups in total. The summed E-state index contributed by atoms with van der Waals surface area (Å²) < 4.78 is 5.30. The average Bonchev–Trinajstić information content (AvgIpc) is 2.82. The summed E-state index contributed by atoms with van der Waals surface area (Å²) in [4.78, 5) is 12.7. The molecule has 0 saturated carbocycles. The molecule has 6 heteroatoms. The van der Waals surface area contributed by atoms with E-state index in [-0.39, 0.29) is 10.9 Å². The van der Waals surface area contributed by atoms with E-state index in [9.17, 15) is 4.79 Å². The lowest BCUT2D eigenvalue weighted by Crippen LogP contribution is -2.51. The Morgan fingerprint density at radius 2 is 2.21 bits per heavy atom. The van der Waals surface area contributed by atoms with Gasteiger partial charge in [-0.15, -0.1) is 0 Å². The summed E-state index contributed by atoms with van der Waals surface area (Å²) in [7, 11) is 0. The van der Waals surface area contributed by atoms with Gasteiger partial charge in [0.15, 0.2) is 0 Å². The molecule has 2 heterocycles. The van der Waals surface area contributed by atoms with Gasteiger partial charge in [0.05, 0.1) is 4.99 Å². The molecule has 0 unspecified atom stereocenters. The van der Waals surface area contributed by atoms with Gasteiger partial charge in [-0.2, -0.15) is 11.3 Å². The van der Waals surface area contributed by atoms with Gasteiger partial charge < -0.3 is 15.8 Å². The van der Waals surface area contributed by atoms with Crippen LogP contribution in [-0.2, 0) is 16.1 Å². The molecule has 2 rings (SSSR count). The molecule has 1 aliphatic rings. The van der Waals surface area contributed by atoms with Crippen molar-refractivity contribution in [3.8, 4) is 0 Å². The number of hydrogen-bond donors (Lipinski definition) is 2. The first kappa shape index (κ1) is 14.4. The fourth-order valence-corrected chi connectivity index (χ4v) is 3.37. The van der Waals surface area contributed by atoms with Crippen LogP contribution >= 0.6 is 23.6 Å². The highest BCUT2D eigenvalue weighted by Gasteiger charge is 2.42. The lowest BCUT2D eigenvalue weighted by Gasteiger charge is -2.34. The molecular weight excluding hydrogens is 280 g/mol. The second kappa shape index (κ2) is 5.98. The lowest BCUT2D eigenvalue weighted by molar-refractivity contribution is -0.131. The van der Waals surface area contributed by atoms with Crippen LogP contribution in [0.3, 0.4) is 0 Å². The third-order valence-electron chi connectivity index (χ3n) is 3.65. The third kappa shape index (κ3) is 2.96. The Morgan fingerprint density at radius 3 is 2.74 bits per heavy atom. The molecule has 1 aromatic rings. The summed E-state index contributed by atoms with van der Waals surface area (Å²) in [6.45, 7) is 3.62. The quantitative estimate of drug-likeness (QED) is 0.831. The van der Waals surface area contributed by atoms with E-state index in [1.54, 1.807) is 11.3 Å². The minimum atomic E-state index is -0.739. The molecular formula is C13H18N2O2S2. The molecule has 0 spiro atoms. The predicted octanol–water partition coefficient (Wildman–Crippen LogP) is 1.76. The number of nitrogens with one attached hydrogen (secondary N) is 1. The SMILES string of the molecule is Cc1cscc1CNC(=O)C1(C(N)=S)CCOCC1. The molecule has 0 atom stereocenters. The van der Waals surface area contributed by atoms with Gasteiger partial charge >= 0.3 is 0 Å². The highest BCUT2D eigenvalue weighted by atomic mass is 32.1. The van der Waals surface area contributed by atoms with Crippen molar-refractivity contribution in [2.24, 2.45) is 11.1 Å². The number of nitrogens with two attached hydrogens (primary N) is 1. The molecule has 1 fully saturated rings. The number of carbonyl (C=O) groups excluding carboxylic acids is 1.